The monoisotopic (exact) mass is 604 g/mol. The van der Waals surface area contributed by atoms with Crippen LogP contribution < -0.4 is 19.5 Å². The lowest BCUT2D eigenvalue weighted by molar-refractivity contribution is 0.0948. The van der Waals surface area contributed by atoms with Crippen LogP contribution in [0.15, 0.2) is 83.8 Å². The zero-order chi connectivity index (χ0) is 30.1. The Morgan fingerprint density at radius 1 is 1.02 bits per heavy atom. The Morgan fingerprint density at radius 3 is 2.65 bits per heavy atom. The molecule has 222 valence electrons. The Bertz CT molecular complexity index is 1810. The molecule has 0 aromatic heterocycles. The average Bonchev–Trinajstić information content (AvgIpc) is 3.00. The van der Waals surface area contributed by atoms with E-state index in [9.17, 15) is 22.7 Å². The van der Waals surface area contributed by atoms with Crippen LogP contribution in [0.4, 0.5) is 4.39 Å². The minimum Gasteiger partial charge on any atom is -0.507 e. The number of halogens is 1. The Hall–Kier alpha value is -4.61. The number of rotatable bonds is 3. The zero-order valence-electron chi connectivity index (χ0n) is 23.2. The maximum Gasteiger partial charge on any atom is 0.255 e. The number of phenols is 1. The molecule has 0 fully saturated rings. The number of ether oxygens (including phenoxy) is 3. The van der Waals surface area contributed by atoms with E-state index in [-0.39, 0.29) is 35.9 Å². The highest BCUT2D eigenvalue weighted by molar-refractivity contribution is 7.89. The molecule has 2 N–H and O–H groups in total. The van der Waals surface area contributed by atoms with Gasteiger partial charge in [-0.15, -0.1) is 0 Å². The number of fused-ring (bicyclic) bond motifs is 6. The van der Waals surface area contributed by atoms with Crippen LogP contribution in [0.5, 0.6) is 28.7 Å². The van der Waals surface area contributed by atoms with Crippen molar-refractivity contribution in [3.8, 4) is 28.7 Å². The van der Waals surface area contributed by atoms with Crippen LogP contribution in [0.25, 0.3) is 0 Å². The minimum absolute atomic E-state index is 0.0742. The Kier molecular flexibility index (Phi) is 7.68. The van der Waals surface area contributed by atoms with Crippen LogP contribution >= 0.6 is 0 Å². The summed E-state index contributed by atoms with van der Waals surface area (Å²) >= 11 is 0. The number of sulfonamides is 1. The van der Waals surface area contributed by atoms with Crippen LogP contribution in [0.2, 0.25) is 0 Å². The topological polar surface area (TPSA) is 114 Å². The Labute approximate surface area is 248 Å². The highest BCUT2D eigenvalue weighted by Gasteiger charge is 2.38. The number of nitrogens with one attached hydrogen (secondary N) is 1. The predicted molar refractivity (Wildman–Crippen MR) is 156 cm³/mol. The molecule has 0 aliphatic carbocycles. The lowest BCUT2D eigenvalue weighted by atomic mass is 9.89. The molecule has 3 aliphatic heterocycles. The molecule has 8 bridgehead atoms. The number of hydrogen-bond donors (Lipinski definition) is 2. The average molecular weight is 605 g/mol. The number of aromatic hydroxyl groups is 1. The molecule has 7 rings (SSSR count). The number of hydrogen-bond acceptors (Lipinski definition) is 7. The smallest absolute Gasteiger partial charge is 0.255 e. The van der Waals surface area contributed by atoms with Crippen molar-refractivity contribution < 1.29 is 36.9 Å². The quantitative estimate of drug-likeness (QED) is 0.331. The fourth-order valence-corrected chi connectivity index (χ4v) is 7.06. The van der Waals surface area contributed by atoms with Gasteiger partial charge in [0.05, 0.1) is 30.2 Å². The number of amides is 1. The maximum absolute atomic E-state index is 14.1. The molecule has 9 nitrogen and oxygen atoms in total. The van der Waals surface area contributed by atoms with Crippen molar-refractivity contribution in [2.75, 3.05) is 26.8 Å². The predicted octanol–water partition coefficient (Wildman–Crippen LogP) is 5.18. The summed E-state index contributed by atoms with van der Waals surface area (Å²) in [4.78, 5) is 12.6. The van der Waals surface area contributed by atoms with E-state index < -0.39 is 27.8 Å². The summed E-state index contributed by atoms with van der Waals surface area (Å²) in [5.41, 5.74) is 2.32. The van der Waals surface area contributed by atoms with Crippen LogP contribution in [-0.4, -0.2) is 50.5 Å². The number of nitrogens with zero attached hydrogens (tertiary/aromatic N) is 1. The first-order valence-electron chi connectivity index (χ1n) is 13.7. The minimum atomic E-state index is -4.11. The van der Waals surface area contributed by atoms with Gasteiger partial charge in [0.2, 0.25) is 10.0 Å². The van der Waals surface area contributed by atoms with Crippen LogP contribution in [0.3, 0.4) is 0 Å². The van der Waals surface area contributed by atoms with Gasteiger partial charge in [-0.2, -0.15) is 4.31 Å². The molecule has 3 aliphatic rings. The largest absolute Gasteiger partial charge is 0.507 e. The summed E-state index contributed by atoms with van der Waals surface area (Å²) in [6.07, 6.45) is 0.824. The standard InChI is InChI=1S/C32H29FN2O7S/c1-40-29-11-6-21-17-30(29)41-15-3-13-34-32(37)27-19-24(8-10-28(27)36)42-23-7-9-26-20(16-23)12-14-35(31(21)26)43(38,39)25-5-2-4-22(33)18-25/h2,4-11,16-19,31,36H,3,12-15H2,1H3,(H,34,37). The molecular formula is C32H29FN2O7S. The van der Waals surface area contributed by atoms with Crippen molar-refractivity contribution in [1.29, 1.82) is 0 Å². The maximum atomic E-state index is 14.1. The van der Waals surface area contributed by atoms with Gasteiger partial charge in [-0.25, -0.2) is 12.8 Å². The molecule has 4 aromatic carbocycles. The fraction of sp³-hybridized carbons (Fsp3) is 0.219. The van der Waals surface area contributed by atoms with Crippen molar-refractivity contribution in [3.63, 3.8) is 0 Å². The first-order valence-corrected chi connectivity index (χ1v) is 15.2. The third-order valence-corrected chi connectivity index (χ3v) is 9.38. The van der Waals surface area contributed by atoms with Crippen molar-refractivity contribution in [3.05, 3.63) is 107 Å². The molecule has 0 spiro atoms. The number of carbonyl (C=O) groups excluding carboxylic acids is 1. The van der Waals surface area contributed by atoms with Gasteiger partial charge in [0.1, 0.15) is 23.1 Å². The van der Waals surface area contributed by atoms with Gasteiger partial charge >= 0.3 is 0 Å². The number of carbonyl (C=O) groups is 1. The van der Waals surface area contributed by atoms with Crippen LogP contribution in [0, 0.1) is 5.82 Å². The van der Waals surface area contributed by atoms with Gasteiger partial charge in [0.25, 0.3) is 5.91 Å². The summed E-state index contributed by atoms with van der Waals surface area (Å²) in [7, 11) is -2.60. The molecule has 1 unspecified atom stereocenters. The molecule has 3 heterocycles. The van der Waals surface area contributed by atoms with Gasteiger partial charge in [-0.3, -0.25) is 4.79 Å². The van der Waals surface area contributed by atoms with E-state index in [1.54, 1.807) is 30.3 Å². The summed E-state index contributed by atoms with van der Waals surface area (Å²) in [6.45, 7) is 0.634. The van der Waals surface area contributed by atoms with Crippen LogP contribution in [-0.2, 0) is 16.4 Å². The van der Waals surface area contributed by atoms with Crippen molar-refractivity contribution in [2.24, 2.45) is 0 Å². The molecule has 11 heteroatoms. The second-order valence-corrected chi connectivity index (χ2v) is 12.1. The summed E-state index contributed by atoms with van der Waals surface area (Å²) in [6, 6.07) is 19.3. The summed E-state index contributed by atoms with van der Waals surface area (Å²) in [5.74, 6) is 0.446. The van der Waals surface area contributed by atoms with E-state index in [4.69, 9.17) is 14.2 Å². The number of phenolic OH excluding ortho intramolecular Hbond substituents is 1. The fourth-order valence-electron chi connectivity index (χ4n) is 5.44. The Morgan fingerprint density at radius 2 is 1.84 bits per heavy atom. The van der Waals surface area contributed by atoms with Gasteiger partial charge in [-0.1, -0.05) is 18.2 Å². The second-order valence-electron chi connectivity index (χ2n) is 10.2. The first-order chi connectivity index (χ1) is 20.7. The second kappa shape index (κ2) is 11.6. The van der Waals surface area contributed by atoms with E-state index in [0.29, 0.717) is 41.4 Å². The summed E-state index contributed by atoms with van der Waals surface area (Å²) < 4.78 is 61.1. The lowest BCUT2D eigenvalue weighted by Crippen LogP contribution is -2.40. The van der Waals surface area contributed by atoms with E-state index in [1.807, 2.05) is 12.1 Å². The van der Waals surface area contributed by atoms with E-state index in [1.165, 1.54) is 41.7 Å². The molecule has 4 aromatic rings. The summed E-state index contributed by atoms with van der Waals surface area (Å²) in [5, 5.41) is 13.1. The number of benzene rings is 4. The van der Waals surface area contributed by atoms with Crippen LogP contribution in [0.1, 0.15) is 39.5 Å². The third kappa shape index (κ3) is 5.61. The number of methoxy groups -OCH3 is 1. The molecule has 0 saturated carbocycles. The van der Waals surface area contributed by atoms with E-state index in [0.717, 1.165) is 17.2 Å². The molecule has 1 amide bonds. The normalized spacial score (nSPS) is 17.2. The third-order valence-electron chi connectivity index (χ3n) is 7.52. The molecule has 1 atom stereocenters. The lowest BCUT2D eigenvalue weighted by Gasteiger charge is -2.37. The van der Waals surface area contributed by atoms with E-state index in [2.05, 4.69) is 5.32 Å². The molecular weight excluding hydrogens is 575 g/mol. The van der Waals surface area contributed by atoms with Crippen molar-refractivity contribution in [2.45, 2.75) is 23.8 Å². The van der Waals surface area contributed by atoms with Crippen molar-refractivity contribution in [1.82, 2.24) is 9.62 Å². The van der Waals surface area contributed by atoms with Gasteiger partial charge in [0.15, 0.2) is 11.5 Å². The van der Waals surface area contributed by atoms with Gasteiger partial charge in [-0.05, 0) is 90.2 Å². The highest BCUT2D eigenvalue weighted by atomic mass is 32.2. The molecule has 0 saturated heterocycles. The van der Waals surface area contributed by atoms with Gasteiger partial charge in [0, 0.05) is 13.1 Å². The van der Waals surface area contributed by atoms with E-state index >= 15 is 0 Å². The zero-order valence-corrected chi connectivity index (χ0v) is 24.1. The SMILES string of the molecule is COc1ccc2cc1OCCCNC(=O)c1cc(ccc1O)Oc1ccc3c(c1)CCN(S(=O)(=O)c1cccc(F)c1)C23. The van der Waals surface area contributed by atoms with Gasteiger partial charge < -0.3 is 24.6 Å². The Balaban J connectivity index is 1.49. The molecule has 43 heavy (non-hydrogen) atoms. The van der Waals surface area contributed by atoms with Crippen molar-refractivity contribution >= 4 is 15.9 Å². The first kappa shape index (κ1) is 28.5. The highest BCUT2D eigenvalue weighted by Crippen LogP contribution is 2.43. The molecule has 0 radical (unpaired) electrons.